The number of hydrogen-bond donors (Lipinski definition) is 1. The van der Waals surface area contributed by atoms with Gasteiger partial charge in [0, 0.05) is 35.8 Å². The van der Waals surface area contributed by atoms with Gasteiger partial charge in [0.1, 0.15) is 17.2 Å². The van der Waals surface area contributed by atoms with Gasteiger partial charge in [-0.2, -0.15) is 0 Å². The van der Waals surface area contributed by atoms with Crippen LogP contribution in [0.3, 0.4) is 0 Å². The summed E-state index contributed by atoms with van der Waals surface area (Å²) in [4.78, 5) is 17.9. The van der Waals surface area contributed by atoms with Crippen LogP contribution in [0.15, 0.2) is 91.8 Å². The summed E-state index contributed by atoms with van der Waals surface area (Å²) < 4.78 is 2.04. The number of imidazole rings is 1. The summed E-state index contributed by atoms with van der Waals surface area (Å²) in [5, 5.41) is 3.43. The Labute approximate surface area is 174 Å². The number of benzene rings is 1. The van der Waals surface area contributed by atoms with E-state index >= 15 is 0 Å². The number of nitrogens with one attached hydrogen (secondary N) is 1. The molecule has 0 amide bonds. The van der Waals surface area contributed by atoms with Crippen molar-refractivity contribution < 1.29 is 0 Å². The fraction of sp³-hybridized carbons (Fsp3) is 0.0833. The number of pyridine rings is 2. The minimum atomic E-state index is 0.120. The van der Waals surface area contributed by atoms with Gasteiger partial charge in [0.15, 0.2) is 0 Å². The molecule has 146 valence electrons. The smallest absolute Gasteiger partial charge is 0.145 e. The summed E-state index contributed by atoms with van der Waals surface area (Å²) in [5.74, 6) is 0.724. The zero-order chi connectivity index (χ0) is 20.3. The maximum Gasteiger partial charge on any atom is 0.145 e. The van der Waals surface area contributed by atoms with Crippen LogP contribution in [0, 0.1) is 0 Å². The molecule has 6 nitrogen and oxygen atoms in total. The molecule has 4 heterocycles. The van der Waals surface area contributed by atoms with Crippen molar-refractivity contribution in [3.8, 4) is 22.5 Å². The van der Waals surface area contributed by atoms with Gasteiger partial charge in [0.2, 0.25) is 0 Å². The van der Waals surface area contributed by atoms with E-state index in [1.54, 1.807) is 18.6 Å². The lowest BCUT2D eigenvalue weighted by atomic mass is 10.1. The highest BCUT2D eigenvalue weighted by Crippen LogP contribution is 2.25. The summed E-state index contributed by atoms with van der Waals surface area (Å²) in [6, 6.07) is 18.4. The third-order valence-corrected chi connectivity index (χ3v) is 5.06. The van der Waals surface area contributed by atoms with Gasteiger partial charge in [-0.25, -0.2) is 9.97 Å². The van der Waals surface area contributed by atoms with E-state index in [0.717, 1.165) is 34.0 Å². The van der Waals surface area contributed by atoms with Crippen LogP contribution in [-0.4, -0.2) is 24.3 Å². The van der Waals surface area contributed by atoms with Crippen LogP contribution >= 0.6 is 0 Å². The largest absolute Gasteiger partial charge is 0.362 e. The zero-order valence-corrected chi connectivity index (χ0v) is 16.5. The maximum absolute atomic E-state index is 4.79. The van der Waals surface area contributed by atoms with Gasteiger partial charge in [-0.3, -0.25) is 14.4 Å². The first-order valence-corrected chi connectivity index (χ1v) is 9.79. The molecule has 0 aliphatic carbocycles. The summed E-state index contributed by atoms with van der Waals surface area (Å²) in [6.07, 6.45) is 11.0. The monoisotopic (exact) mass is 392 g/mol. The molecule has 0 fully saturated rings. The van der Waals surface area contributed by atoms with Crippen molar-refractivity contribution in [1.82, 2.24) is 24.3 Å². The van der Waals surface area contributed by atoms with E-state index in [1.165, 1.54) is 5.56 Å². The van der Waals surface area contributed by atoms with Crippen LogP contribution in [0.1, 0.15) is 18.5 Å². The molecule has 1 N–H and O–H groups in total. The number of aromatic nitrogens is 5. The number of anilines is 1. The van der Waals surface area contributed by atoms with Gasteiger partial charge in [-0.05, 0) is 30.7 Å². The lowest BCUT2D eigenvalue weighted by molar-refractivity contribution is 0.871. The van der Waals surface area contributed by atoms with Crippen LogP contribution in [-0.2, 0) is 0 Å². The van der Waals surface area contributed by atoms with Gasteiger partial charge in [-0.1, -0.05) is 36.4 Å². The first kappa shape index (κ1) is 18.0. The number of hydrogen-bond acceptors (Lipinski definition) is 5. The molecule has 0 saturated carbocycles. The molecule has 0 spiro atoms. The van der Waals surface area contributed by atoms with Crippen molar-refractivity contribution in [2.75, 3.05) is 5.32 Å². The molecule has 1 aromatic carbocycles. The predicted octanol–water partition coefficient (Wildman–Crippen LogP) is 5.03. The predicted molar refractivity (Wildman–Crippen MR) is 118 cm³/mol. The number of nitrogens with zero attached hydrogens (tertiary/aromatic N) is 5. The molecule has 5 aromatic rings. The topological polar surface area (TPSA) is 68.0 Å². The highest BCUT2D eigenvalue weighted by atomic mass is 15.1. The van der Waals surface area contributed by atoms with Crippen LogP contribution in [0.2, 0.25) is 0 Å². The molecular weight excluding hydrogens is 372 g/mol. The van der Waals surface area contributed by atoms with Crippen LogP contribution in [0.25, 0.3) is 28.2 Å². The summed E-state index contributed by atoms with van der Waals surface area (Å²) in [6.45, 7) is 2.11. The van der Waals surface area contributed by atoms with Crippen molar-refractivity contribution in [1.29, 1.82) is 0 Å². The third-order valence-electron chi connectivity index (χ3n) is 5.06. The molecule has 30 heavy (non-hydrogen) atoms. The summed E-state index contributed by atoms with van der Waals surface area (Å²) >= 11 is 0. The fourth-order valence-electron chi connectivity index (χ4n) is 3.48. The van der Waals surface area contributed by atoms with Crippen molar-refractivity contribution in [3.05, 3.63) is 97.3 Å². The normalized spacial score (nSPS) is 12.0. The van der Waals surface area contributed by atoms with Crippen LogP contribution < -0.4 is 5.32 Å². The molecule has 1 atom stereocenters. The first-order chi connectivity index (χ1) is 14.8. The van der Waals surface area contributed by atoms with Crippen LogP contribution in [0.5, 0.6) is 0 Å². The Bertz CT molecular complexity index is 1280. The average molecular weight is 392 g/mol. The molecule has 0 aliphatic rings. The van der Waals surface area contributed by atoms with E-state index in [-0.39, 0.29) is 6.04 Å². The van der Waals surface area contributed by atoms with E-state index in [4.69, 9.17) is 4.98 Å². The SMILES string of the molecule is C[C@H](Nc1cncc(-c2cnc3ccc(-c4cccnc4)cn23)n1)c1ccccc1. The van der Waals surface area contributed by atoms with Gasteiger partial charge in [-0.15, -0.1) is 0 Å². The highest BCUT2D eigenvalue weighted by molar-refractivity contribution is 5.67. The second-order valence-corrected chi connectivity index (χ2v) is 7.10. The Balaban J connectivity index is 1.49. The molecule has 0 aliphatic heterocycles. The minimum Gasteiger partial charge on any atom is -0.362 e. The quantitative estimate of drug-likeness (QED) is 0.454. The van der Waals surface area contributed by atoms with Gasteiger partial charge in [0.25, 0.3) is 0 Å². The van der Waals surface area contributed by atoms with Crippen molar-refractivity contribution in [2.24, 2.45) is 0 Å². The van der Waals surface area contributed by atoms with Crippen molar-refractivity contribution >= 4 is 11.5 Å². The number of fused-ring (bicyclic) bond motifs is 1. The second kappa shape index (κ2) is 7.75. The van der Waals surface area contributed by atoms with E-state index in [1.807, 2.05) is 59.3 Å². The van der Waals surface area contributed by atoms with E-state index in [0.29, 0.717) is 0 Å². The molecule has 0 bridgehead atoms. The van der Waals surface area contributed by atoms with Gasteiger partial charge in [0.05, 0.1) is 24.3 Å². The lowest BCUT2D eigenvalue weighted by Crippen LogP contribution is -2.08. The Morgan fingerprint density at radius 3 is 2.57 bits per heavy atom. The molecule has 6 heteroatoms. The average Bonchev–Trinajstić information content (AvgIpc) is 3.24. The number of rotatable bonds is 5. The Morgan fingerprint density at radius 2 is 1.73 bits per heavy atom. The van der Waals surface area contributed by atoms with Crippen LogP contribution in [0.4, 0.5) is 5.82 Å². The highest BCUT2D eigenvalue weighted by Gasteiger charge is 2.11. The minimum absolute atomic E-state index is 0.120. The van der Waals surface area contributed by atoms with E-state index < -0.39 is 0 Å². The first-order valence-electron chi connectivity index (χ1n) is 9.79. The zero-order valence-electron chi connectivity index (χ0n) is 16.5. The molecule has 5 rings (SSSR count). The lowest BCUT2D eigenvalue weighted by Gasteiger charge is -2.15. The van der Waals surface area contributed by atoms with Crippen molar-refractivity contribution in [2.45, 2.75) is 13.0 Å². The molecule has 4 aromatic heterocycles. The second-order valence-electron chi connectivity index (χ2n) is 7.10. The van der Waals surface area contributed by atoms with Gasteiger partial charge < -0.3 is 5.32 Å². The third kappa shape index (κ3) is 3.51. The van der Waals surface area contributed by atoms with Crippen molar-refractivity contribution in [3.63, 3.8) is 0 Å². The Hall–Kier alpha value is -4.06. The molecule has 0 unspecified atom stereocenters. The molecular formula is C24H20N6. The summed E-state index contributed by atoms with van der Waals surface area (Å²) in [5.41, 5.74) is 5.82. The maximum atomic E-state index is 4.79. The van der Waals surface area contributed by atoms with E-state index in [2.05, 4.69) is 45.5 Å². The fourth-order valence-corrected chi connectivity index (χ4v) is 3.48. The van der Waals surface area contributed by atoms with Gasteiger partial charge >= 0.3 is 0 Å². The summed E-state index contributed by atoms with van der Waals surface area (Å²) in [7, 11) is 0. The standard InChI is InChI=1S/C24H20N6/c1-17(18-6-3-2-4-7-18)28-23-15-26-13-21(29-23)22-14-27-24-10-9-20(16-30(22)24)19-8-5-11-25-12-19/h2-17H,1H3,(H,28,29)/t17-/m0/s1. The Kier molecular flexibility index (Phi) is 4.65. The molecule has 0 saturated heterocycles. The van der Waals surface area contributed by atoms with E-state index in [9.17, 15) is 0 Å². The Morgan fingerprint density at radius 1 is 0.833 bits per heavy atom. The molecule has 0 radical (unpaired) electrons.